The van der Waals surface area contributed by atoms with Crippen LogP contribution in [-0.2, 0) is 0 Å². The highest BCUT2D eigenvalue weighted by atomic mass is 32.2. The average Bonchev–Trinajstić information content (AvgIpc) is 3.43. The molecule has 1 aromatic carbocycles. The van der Waals surface area contributed by atoms with Crippen molar-refractivity contribution in [3.63, 3.8) is 0 Å². The Kier molecular flexibility index (Phi) is 5.98. The van der Waals surface area contributed by atoms with Gasteiger partial charge in [-0.05, 0) is 56.1 Å². The van der Waals surface area contributed by atoms with Gasteiger partial charge in [-0.3, -0.25) is 4.99 Å². The molecule has 1 saturated heterocycles. The van der Waals surface area contributed by atoms with E-state index in [-0.39, 0.29) is 0 Å². The van der Waals surface area contributed by atoms with Gasteiger partial charge in [-0.15, -0.1) is 0 Å². The second-order valence-corrected chi connectivity index (χ2v) is 7.98. The van der Waals surface area contributed by atoms with E-state index in [1.807, 2.05) is 24.0 Å². The molecule has 0 bridgehead atoms. The van der Waals surface area contributed by atoms with Gasteiger partial charge in [0.1, 0.15) is 5.71 Å². The quantitative estimate of drug-likeness (QED) is 0.393. The molecule has 2 N–H and O–H groups in total. The predicted octanol–water partition coefficient (Wildman–Crippen LogP) is 3.78. The molecule has 0 aromatic heterocycles. The summed E-state index contributed by atoms with van der Waals surface area (Å²) in [6.07, 6.45) is 8.27. The zero-order valence-electron chi connectivity index (χ0n) is 14.3. The lowest BCUT2D eigenvalue weighted by Gasteiger charge is -2.18. The van der Waals surface area contributed by atoms with Gasteiger partial charge in [-0.25, -0.2) is 0 Å². The number of thioether (sulfide) groups is 1. The zero-order chi connectivity index (χ0) is 16.8. The normalized spacial score (nSPS) is 21.5. The Labute approximate surface area is 149 Å². The molecule has 2 aliphatic rings. The van der Waals surface area contributed by atoms with Gasteiger partial charge in [0.25, 0.3) is 0 Å². The highest BCUT2D eigenvalue weighted by Gasteiger charge is 2.17. The zero-order valence-corrected chi connectivity index (χ0v) is 15.1. The smallest absolute Gasteiger partial charge is 0.108 e. The van der Waals surface area contributed by atoms with Crippen molar-refractivity contribution in [2.45, 2.75) is 44.3 Å². The number of aliphatic imine (C=N–C) groups is 1. The van der Waals surface area contributed by atoms with E-state index in [1.54, 1.807) is 0 Å². The van der Waals surface area contributed by atoms with Gasteiger partial charge in [-0.2, -0.15) is 16.9 Å². The van der Waals surface area contributed by atoms with Crippen molar-refractivity contribution >= 4 is 23.7 Å². The first-order chi connectivity index (χ1) is 11.8. The van der Waals surface area contributed by atoms with Gasteiger partial charge < -0.3 is 5.84 Å². The van der Waals surface area contributed by atoms with Gasteiger partial charge in [-0.1, -0.05) is 24.3 Å². The molecule has 126 valence electrons. The fraction of sp³-hybridized carbons (Fsp3) is 0.500. The van der Waals surface area contributed by atoms with Gasteiger partial charge >= 0.3 is 0 Å². The topological polar surface area (TPSA) is 50.7 Å². The third-order valence-electron chi connectivity index (χ3n) is 4.44. The largest absolute Gasteiger partial charge is 0.323 e. The molecule has 1 aliphatic heterocycles. The lowest BCUT2D eigenvalue weighted by molar-refractivity contribution is 0.669. The molecule has 0 radical (unpaired) electrons. The molecule has 2 fully saturated rings. The Morgan fingerprint density at radius 2 is 2.21 bits per heavy atom. The highest BCUT2D eigenvalue weighted by molar-refractivity contribution is 7.99. The van der Waals surface area contributed by atoms with E-state index in [1.165, 1.54) is 37.9 Å². The minimum Gasteiger partial charge on any atom is -0.323 e. The van der Waals surface area contributed by atoms with Crippen molar-refractivity contribution in [1.29, 1.82) is 0 Å². The summed E-state index contributed by atoms with van der Waals surface area (Å²) in [5.41, 5.74) is 3.99. The van der Waals surface area contributed by atoms with E-state index < -0.39 is 0 Å². The first-order valence-corrected chi connectivity index (χ1v) is 9.83. The summed E-state index contributed by atoms with van der Waals surface area (Å²) in [5, 5.41) is 4.59. The monoisotopic (exact) mass is 339 g/mol. The number of hydrazone groups is 1. The van der Waals surface area contributed by atoms with Gasteiger partial charge in [0.15, 0.2) is 0 Å². The standard InChI is InChI=1S/C20H25N3S/c1-15-12-17(8-7-16-5-6-16)9-10-19(15)20(23-21)14-22-13-18-4-2-3-11-24-18/h9-10,12,14,16,18H,2-6,11,13,21H2,1H3/b22-14?,23-20+. The molecule has 1 heterocycles. The lowest BCUT2D eigenvalue weighted by Crippen LogP contribution is -2.14. The number of benzene rings is 1. The number of aryl methyl sites for hydroxylation is 1. The molecule has 0 amide bonds. The van der Waals surface area contributed by atoms with Crippen LogP contribution >= 0.6 is 11.8 Å². The van der Waals surface area contributed by atoms with Gasteiger partial charge in [0.05, 0.1) is 6.54 Å². The van der Waals surface area contributed by atoms with E-state index in [0.29, 0.717) is 11.2 Å². The van der Waals surface area contributed by atoms with Crippen LogP contribution in [0.3, 0.4) is 0 Å². The van der Waals surface area contributed by atoms with Gasteiger partial charge in [0.2, 0.25) is 0 Å². The summed E-state index contributed by atoms with van der Waals surface area (Å²) in [7, 11) is 0. The second-order valence-electron chi connectivity index (χ2n) is 6.57. The number of hydrogen-bond donors (Lipinski definition) is 1. The predicted molar refractivity (Wildman–Crippen MR) is 105 cm³/mol. The van der Waals surface area contributed by atoms with Crippen LogP contribution in [0.1, 0.15) is 48.8 Å². The first kappa shape index (κ1) is 17.1. The third-order valence-corrected chi connectivity index (χ3v) is 5.82. The van der Waals surface area contributed by atoms with E-state index in [0.717, 1.165) is 28.9 Å². The van der Waals surface area contributed by atoms with Crippen LogP contribution in [-0.4, -0.2) is 29.5 Å². The fourth-order valence-corrected chi connectivity index (χ4v) is 4.05. The van der Waals surface area contributed by atoms with Crippen LogP contribution in [0.5, 0.6) is 0 Å². The lowest BCUT2D eigenvalue weighted by atomic mass is 10.0. The molecule has 3 nitrogen and oxygen atoms in total. The number of nitrogens with two attached hydrogens (primary N) is 1. The maximum Gasteiger partial charge on any atom is 0.108 e. The molecule has 4 heteroatoms. The second kappa shape index (κ2) is 8.39. The molecule has 1 unspecified atom stereocenters. The summed E-state index contributed by atoms with van der Waals surface area (Å²) in [5.74, 6) is 14.0. The third kappa shape index (κ3) is 4.88. The SMILES string of the molecule is Cc1cc(C#CC2CC2)ccc1/C(C=NCC1CCCCS1)=N/N. The summed E-state index contributed by atoms with van der Waals surface area (Å²) in [6, 6.07) is 6.22. The van der Waals surface area contributed by atoms with Crippen molar-refractivity contribution in [1.82, 2.24) is 0 Å². The maximum atomic E-state index is 5.60. The Hall–Kier alpha value is -1.73. The molecule has 0 spiro atoms. The molecule has 1 atom stereocenters. The summed E-state index contributed by atoms with van der Waals surface area (Å²) >= 11 is 2.04. The Morgan fingerprint density at radius 1 is 1.33 bits per heavy atom. The van der Waals surface area contributed by atoms with E-state index in [9.17, 15) is 0 Å². The number of nitrogens with zero attached hydrogens (tertiary/aromatic N) is 2. The van der Waals surface area contributed by atoms with E-state index in [4.69, 9.17) is 5.84 Å². The molecule has 1 saturated carbocycles. The fourth-order valence-electron chi connectivity index (χ4n) is 2.82. The summed E-state index contributed by atoms with van der Waals surface area (Å²) in [6.45, 7) is 2.93. The van der Waals surface area contributed by atoms with Crippen LogP contribution in [0.4, 0.5) is 0 Å². The molecular weight excluding hydrogens is 314 g/mol. The van der Waals surface area contributed by atoms with E-state index in [2.05, 4.69) is 41.0 Å². The number of hydrogen-bond acceptors (Lipinski definition) is 4. The molecule has 3 rings (SSSR count). The van der Waals surface area contributed by atoms with Gasteiger partial charge in [0, 0.05) is 28.5 Å². The van der Waals surface area contributed by atoms with Crippen molar-refractivity contribution in [3.05, 3.63) is 34.9 Å². The molecule has 1 aromatic rings. The van der Waals surface area contributed by atoms with Crippen molar-refractivity contribution in [3.8, 4) is 11.8 Å². The van der Waals surface area contributed by atoms with Crippen molar-refractivity contribution in [2.24, 2.45) is 21.9 Å². The van der Waals surface area contributed by atoms with E-state index >= 15 is 0 Å². The highest BCUT2D eigenvalue weighted by Crippen LogP contribution is 2.27. The Balaban J connectivity index is 1.65. The minimum atomic E-state index is 0.621. The van der Waals surface area contributed by atoms with Crippen LogP contribution in [0.2, 0.25) is 0 Å². The minimum absolute atomic E-state index is 0.621. The van der Waals surface area contributed by atoms with Crippen molar-refractivity contribution < 1.29 is 0 Å². The maximum absolute atomic E-state index is 5.60. The summed E-state index contributed by atoms with van der Waals surface area (Å²) in [4.78, 5) is 4.59. The van der Waals surface area contributed by atoms with Crippen molar-refractivity contribution in [2.75, 3.05) is 12.3 Å². The van der Waals surface area contributed by atoms with Crippen LogP contribution in [0.15, 0.2) is 28.3 Å². The average molecular weight is 340 g/mol. The van der Waals surface area contributed by atoms with Crippen LogP contribution in [0, 0.1) is 24.7 Å². The van der Waals surface area contributed by atoms with Crippen LogP contribution < -0.4 is 5.84 Å². The molecular formula is C20H25N3S. The summed E-state index contributed by atoms with van der Waals surface area (Å²) < 4.78 is 0. The molecule has 1 aliphatic carbocycles. The Bertz CT molecular complexity index is 687. The molecule has 24 heavy (non-hydrogen) atoms. The Morgan fingerprint density at radius 3 is 2.88 bits per heavy atom. The first-order valence-electron chi connectivity index (χ1n) is 8.78. The number of rotatable bonds is 4. The van der Waals surface area contributed by atoms with Crippen LogP contribution in [0.25, 0.3) is 0 Å².